The number of ether oxygens (including phenoxy) is 2. The van der Waals surface area contributed by atoms with Gasteiger partial charge in [0.05, 0.1) is 36.6 Å². The predicted molar refractivity (Wildman–Crippen MR) is 130 cm³/mol. The van der Waals surface area contributed by atoms with Gasteiger partial charge in [0.15, 0.2) is 0 Å². The van der Waals surface area contributed by atoms with Crippen LogP contribution in [0.5, 0.6) is 0 Å². The molecule has 0 radical (unpaired) electrons. The molecule has 35 heavy (non-hydrogen) atoms. The van der Waals surface area contributed by atoms with Crippen LogP contribution in [-0.2, 0) is 9.47 Å². The zero-order valence-corrected chi connectivity index (χ0v) is 19.3. The first kappa shape index (κ1) is 23.4. The van der Waals surface area contributed by atoms with Gasteiger partial charge in [-0.15, -0.1) is 11.3 Å². The van der Waals surface area contributed by atoms with Crippen molar-refractivity contribution >= 4 is 45.5 Å². The van der Waals surface area contributed by atoms with Crippen LogP contribution in [0.2, 0.25) is 0 Å². The van der Waals surface area contributed by atoms with Crippen molar-refractivity contribution in [2.75, 3.05) is 19.5 Å². The fourth-order valence-electron chi connectivity index (χ4n) is 3.24. The van der Waals surface area contributed by atoms with Gasteiger partial charge in [0.1, 0.15) is 22.2 Å². The number of methoxy groups -OCH3 is 2. The van der Waals surface area contributed by atoms with Crippen LogP contribution in [0.4, 0.5) is 5.69 Å². The van der Waals surface area contributed by atoms with Crippen molar-refractivity contribution in [3.8, 4) is 17.3 Å². The summed E-state index contributed by atoms with van der Waals surface area (Å²) in [6.07, 6.45) is 1.39. The molecule has 2 aromatic heterocycles. The molecule has 0 saturated heterocycles. The van der Waals surface area contributed by atoms with Crippen molar-refractivity contribution in [3.05, 3.63) is 86.7 Å². The fourth-order valence-corrected chi connectivity index (χ4v) is 4.03. The molecule has 0 aliphatic rings. The highest BCUT2D eigenvalue weighted by Gasteiger charge is 2.16. The van der Waals surface area contributed by atoms with Crippen molar-refractivity contribution in [1.29, 1.82) is 5.26 Å². The minimum atomic E-state index is -0.637. The minimum Gasteiger partial charge on any atom is -0.465 e. The molecule has 0 unspecified atom stereocenters. The monoisotopic (exact) mass is 487 g/mol. The molecular weight excluding hydrogens is 470 g/mol. The summed E-state index contributed by atoms with van der Waals surface area (Å²) in [4.78, 5) is 40.8. The summed E-state index contributed by atoms with van der Waals surface area (Å²) in [5.41, 5.74) is 1.39. The molecule has 1 N–H and O–H groups in total. The Morgan fingerprint density at radius 3 is 2.43 bits per heavy atom. The van der Waals surface area contributed by atoms with E-state index < -0.39 is 17.6 Å². The molecule has 174 valence electrons. The second kappa shape index (κ2) is 10.0. The number of carbonyl (C=O) groups excluding carboxylic acids is 2. The third kappa shape index (κ3) is 4.95. The highest BCUT2D eigenvalue weighted by atomic mass is 32.1. The highest BCUT2D eigenvalue weighted by molar-refractivity contribution is 7.11. The summed E-state index contributed by atoms with van der Waals surface area (Å²) in [7, 11) is 2.45. The highest BCUT2D eigenvalue weighted by Crippen LogP contribution is 2.27. The molecule has 0 spiro atoms. The molecule has 0 saturated carbocycles. The summed E-state index contributed by atoms with van der Waals surface area (Å²) >= 11 is 1.18. The van der Waals surface area contributed by atoms with Gasteiger partial charge in [-0.05, 0) is 30.3 Å². The number of nitriles is 1. The first-order valence-electron chi connectivity index (χ1n) is 10.1. The lowest BCUT2D eigenvalue weighted by molar-refractivity contribution is 0.0599. The predicted octanol–water partition coefficient (Wildman–Crippen LogP) is 4.47. The number of allylic oxidation sites excluding steroid dienone is 1. The molecule has 2 aromatic carbocycles. The number of benzene rings is 2. The molecule has 4 aromatic rings. The SMILES string of the molecule is COC(=O)c1cc(N/C=C(/C#N)c2nc(-c3cc4ccccc4oc3=O)cs2)cc(C(=O)OC)c1. The molecule has 2 heterocycles. The number of anilines is 1. The first-order chi connectivity index (χ1) is 16.9. The average Bonchev–Trinajstić information content (AvgIpc) is 3.37. The molecule has 9 nitrogen and oxygen atoms in total. The van der Waals surface area contributed by atoms with Crippen LogP contribution >= 0.6 is 11.3 Å². The fraction of sp³-hybridized carbons (Fsp3) is 0.0800. The lowest BCUT2D eigenvalue weighted by Gasteiger charge is -2.08. The van der Waals surface area contributed by atoms with Crippen molar-refractivity contribution in [2.45, 2.75) is 0 Å². The summed E-state index contributed by atoms with van der Waals surface area (Å²) in [6.45, 7) is 0. The van der Waals surface area contributed by atoms with E-state index in [0.29, 0.717) is 22.0 Å². The zero-order chi connectivity index (χ0) is 24.9. The Morgan fingerprint density at radius 2 is 1.77 bits per heavy atom. The minimum absolute atomic E-state index is 0.129. The molecule has 0 aliphatic carbocycles. The Balaban J connectivity index is 1.65. The summed E-state index contributed by atoms with van der Waals surface area (Å²) in [5.74, 6) is -1.27. The van der Waals surface area contributed by atoms with Crippen LogP contribution in [-0.4, -0.2) is 31.1 Å². The molecule has 0 amide bonds. The van der Waals surface area contributed by atoms with Gasteiger partial charge in [0, 0.05) is 22.7 Å². The maximum atomic E-state index is 12.4. The normalized spacial score (nSPS) is 11.1. The van der Waals surface area contributed by atoms with Gasteiger partial charge in [-0.25, -0.2) is 19.4 Å². The van der Waals surface area contributed by atoms with E-state index in [0.717, 1.165) is 5.39 Å². The molecule has 0 bridgehead atoms. The number of hydrogen-bond acceptors (Lipinski definition) is 10. The number of para-hydroxylation sites is 1. The quantitative estimate of drug-likeness (QED) is 0.238. The Bertz CT molecular complexity index is 1540. The second-order valence-electron chi connectivity index (χ2n) is 7.12. The third-order valence-corrected chi connectivity index (χ3v) is 5.81. The van der Waals surface area contributed by atoms with Gasteiger partial charge in [-0.3, -0.25) is 0 Å². The summed E-state index contributed by atoms with van der Waals surface area (Å²) in [5, 5.41) is 15.4. The number of rotatable bonds is 6. The third-order valence-electron chi connectivity index (χ3n) is 4.93. The molecule has 0 aliphatic heterocycles. The van der Waals surface area contributed by atoms with Gasteiger partial charge < -0.3 is 19.2 Å². The van der Waals surface area contributed by atoms with E-state index in [1.165, 1.54) is 50.0 Å². The molecule has 4 rings (SSSR count). The van der Waals surface area contributed by atoms with E-state index in [-0.39, 0.29) is 22.3 Å². The first-order valence-corrected chi connectivity index (χ1v) is 11.0. The van der Waals surface area contributed by atoms with Crippen molar-refractivity contribution in [2.24, 2.45) is 0 Å². The van der Waals surface area contributed by atoms with Crippen LogP contribution < -0.4 is 10.9 Å². The van der Waals surface area contributed by atoms with Crippen LogP contribution in [0.25, 0.3) is 27.8 Å². The van der Waals surface area contributed by atoms with Crippen molar-refractivity contribution in [3.63, 3.8) is 0 Å². The number of fused-ring (bicyclic) bond motifs is 1. The number of hydrogen-bond donors (Lipinski definition) is 1. The van der Waals surface area contributed by atoms with Crippen LogP contribution in [0.3, 0.4) is 0 Å². The average molecular weight is 487 g/mol. The van der Waals surface area contributed by atoms with Crippen molar-refractivity contribution < 1.29 is 23.5 Å². The van der Waals surface area contributed by atoms with Crippen LogP contribution in [0.1, 0.15) is 25.7 Å². The Hall–Kier alpha value is -4.75. The molecule has 10 heteroatoms. The van der Waals surface area contributed by atoms with E-state index in [1.54, 1.807) is 23.6 Å². The second-order valence-corrected chi connectivity index (χ2v) is 7.98. The van der Waals surface area contributed by atoms with Gasteiger partial charge in [0.2, 0.25) is 0 Å². The Kier molecular flexibility index (Phi) is 6.71. The molecule has 0 fully saturated rings. The number of aromatic nitrogens is 1. The van der Waals surface area contributed by atoms with Gasteiger partial charge in [-0.2, -0.15) is 5.26 Å². The number of nitrogens with zero attached hydrogens (tertiary/aromatic N) is 2. The van der Waals surface area contributed by atoms with E-state index in [1.807, 2.05) is 12.1 Å². The number of nitrogens with one attached hydrogen (secondary N) is 1. The smallest absolute Gasteiger partial charge is 0.345 e. The lowest BCUT2D eigenvalue weighted by atomic mass is 10.1. The largest absolute Gasteiger partial charge is 0.465 e. The maximum Gasteiger partial charge on any atom is 0.345 e. The molecular formula is C25H17N3O6S. The van der Waals surface area contributed by atoms with Gasteiger partial charge in [0.25, 0.3) is 0 Å². The lowest BCUT2D eigenvalue weighted by Crippen LogP contribution is -2.07. The topological polar surface area (TPSA) is 132 Å². The van der Waals surface area contributed by atoms with Gasteiger partial charge in [-0.1, -0.05) is 18.2 Å². The van der Waals surface area contributed by atoms with Gasteiger partial charge >= 0.3 is 17.6 Å². The van der Waals surface area contributed by atoms with Crippen molar-refractivity contribution in [1.82, 2.24) is 4.98 Å². The summed E-state index contributed by atoms with van der Waals surface area (Å²) in [6, 6.07) is 15.2. The van der Waals surface area contributed by atoms with E-state index >= 15 is 0 Å². The molecule has 0 atom stereocenters. The van der Waals surface area contributed by atoms with Crippen LogP contribution in [0.15, 0.2) is 69.3 Å². The Morgan fingerprint density at radius 1 is 1.09 bits per heavy atom. The zero-order valence-electron chi connectivity index (χ0n) is 18.5. The standard InChI is InChI=1S/C25H17N3O6S/c1-32-23(29)15-7-16(24(30)33-2)9-18(8-15)27-12-17(11-26)22-28-20(13-35-22)19-10-14-5-3-4-6-21(14)34-25(19)31/h3-10,12-13,27H,1-2H3/b17-12-. The summed E-state index contributed by atoms with van der Waals surface area (Å²) < 4.78 is 14.8. The van der Waals surface area contributed by atoms with E-state index in [2.05, 4.69) is 16.4 Å². The number of esters is 2. The number of thiazole rings is 1. The Labute approximate surface area is 202 Å². The maximum absolute atomic E-state index is 12.4. The van der Waals surface area contributed by atoms with E-state index in [9.17, 15) is 19.6 Å². The van der Waals surface area contributed by atoms with E-state index in [4.69, 9.17) is 13.9 Å². The van der Waals surface area contributed by atoms with Crippen LogP contribution in [0, 0.1) is 11.3 Å². The number of carbonyl (C=O) groups is 2.